The first-order valence-corrected chi connectivity index (χ1v) is 10.9. The van der Waals surface area contributed by atoms with Crippen LogP contribution in [0.4, 0.5) is 10.3 Å². The van der Waals surface area contributed by atoms with Gasteiger partial charge in [0.05, 0.1) is 18.8 Å². The lowest BCUT2D eigenvalue weighted by molar-refractivity contribution is 0.0938. The minimum atomic E-state index is -0.790. The molecule has 4 aromatic rings. The van der Waals surface area contributed by atoms with Crippen molar-refractivity contribution in [3.8, 4) is 16.9 Å². The second-order valence-corrected chi connectivity index (χ2v) is 8.17. The summed E-state index contributed by atoms with van der Waals surface area (Å²) < 4.78 is 22.5. The molecule has 0 aliphatic carbocycles. The van der Waals surface area contributed by atoms with E-state index in [1.165, 1.54) is 11.6 Å². The number of benzene rings is 2. The average Bonchev–Trinajstić information content (AvgIpc) is 3.19. The largest absolute Gasteiger partial charge is 0.492 e. The van der Waals surface area contributed by atoms with E-state index in [-0.39, 0.29) is 35.8 Å². The van der Waals surface area contributed by atoms with Crippen LogP contribution in [0.1, 0.15) is 34.0 Å². The van der Waals surface area contributed by atoms with E-state index in [2.05, 4.69) is 15.4 Å². The van der Waals surface area contributed by atoms with Gasteiger partial charge >= 0.3 is 0 Å². The number of hydrogen-bond acceptors (Lipinski definition) is 6. The van der Waals surface area contributed by atoms with Gasteiger partial charge in [0.15, 0.2) is 11.4 Å². The van der Waals surface area contributed by atoms with E-state index in [0.29, 0.717) is 27.4 Å². The molecule has 1 unspecified atom stereocenters. The molecule has 34 heavy (non-hydrogen) atoms. The summed E-state index contributed by atoms with van der Waals surface area (Å²) in [7, 11) is 1.44. The van der Waals surface area contributed by atoms with Gasteiger partial charge in [0.25, 0.3) is 5.91 Å². The second-order valence-electron chi connectivity index (χ2n) is 7.73. The maximum atomic E-state index is 15.6. The van der Waals surface area contributed by atoms with Gasteiger partial charge in [0, 0.05) is 28.9 Å². The van der Waals surface area contributed by atoms with Crippen molar-refractivity contribution in [2.24, 2.45) is 0 Å². The molecule has 0 saturated heterocycles. The van der Waals surface area contributed by atoms with Gasteiger partial charge in [-0.05, 0) is 42.7 Å². The molecule has 0 radical (unpaired) electrons. The van der Waals surface area contributed by atoms with Crippen LogP contribution < -0.4 is 15.8 Å². The Hall–Kier alpha value is -3.69. The Labute approximate surface area is 200 Å². The Kier molecular flexibility index (Phi) is 6.67. The van der Waals surface area contributed by atoms with Crippen molar-refractivity contribution in [2.75, 3.05) is 19.4 Å². The van der Waals surface area contributed by atoms with Gasteiger partial charge in [-0.1, -0.05) is 35.9 Å². The SMILES string of the molecule is COc1c(-c2ccc(C)c(C(=O)NCCC(O)c3ccc(Cl)cc3)c2F)ccn2nc(N)nc12. The maximum absolute atomic E-state index is 15.6. The van der Waals surface area contributed by atoms with Crippen molar-refractivity contribution in [2.45, 2.75) is 19.4 Å². The number of hydrogen-bond donors (Lipinski definition) is 3. The third kappa shape index (κ3) is 4.52. The molecule has 0 aliphatic heterocycles. The van der Waals surface area contributed by atoms with Crippen LogP contribution in [0.3, 0.4) is 0 Å². The number of amides is 1. The molecular weight excluding hydrogens is 461 g/mol. The van der Waals surface area contributed by atoms with Crippen LogP contribution in [-0.4, -0.2) is 39.3 Å². The molecule has 176 valence electrons. The van der Waals surface area contributed by atoms with Crippen LogP contribution in [-0.2, 0) is 0 Å². The number of nitrogens with one attached hydrogen (secondary N) is 1. The first-order valence-electron chi connectivity index (χ1n) is 10.5. The van der Waals surface area contributed by atoms with Crippen molar-refractivity contribution < 1.29 is 19.0 Å². The Bertz CT molecular complexity index is 1360. The molecule has 0 bridgehead atoms. The number of carbonyl (C=O) groups is 1. The standard InChI is InChI=1S/C24H23ClFN5O3/c1-13-3-8-16(17-10-12-31-22(21(17)34-2)29-24(27)30-31)20(26)19(13)23(33)28-11-9-18(32)14-4-6-15(25)7-5-14/h3-8,10,12,18,32H,9,11H2,1-2H3,(H2,27,30)(H,28,33). The number of methoxy groups -OCH3 is 1. The number of aryl methyl sites for hydroxylation is 1. The predicted octanol–water partition coefficient (Wildman–Crippen LogP) is 3.94. The summed E-state index contributed by atoms with van der Waals surface area (Å²) in [6.07, 6.45) is 1.06. The lowest BCUT2D eigenvalue weighted by Crippen LogP contribution is -2.27. The molecule has 2 aromatic carbocycles. The summed E-state index contributed by atoms with van der Waals surface area (Å²) in [4.78, 5) is 17.0. The molecule has 0 saturated carbocycles. The normalized spacial score (nSPS) is 12.0. The number of halogens is 2. The summed E-state index contributed by atoms with van der Waals surface area (Å²) in [5.41, 5.74) is 7.67. The monoisotopic (exact) mass is 483 g/mol. The van der Waals surface area contributed by atoms with Crippen molar-refractivity contribution in [1.82, 2.24) is 19.9 Å². The molecule has 4 rings (SSSR count). The van der Waals surface area contributed by atoms with Crippen molar-refractivity contribution in [3.05, 3.63) is 76.2 Å². The van der Waals surface area contributed by atoms with Crippen LogP contribution in [0.2, 0.25) is 5.02 Å². The van der Waals surface area contributed by atoms with Crippen LogP contribution in [0, 0.1) is 12.7 Å². The number of rotatable bonds is 7. The van der Waals surface area contributed by atoms with Gasteiger partial charge in [-0.3, -0.25) is 4.79 Å². The van der Waals surface area contributed by atoms with Gasteiger partial charge in [-0.2, -0.15) is 4.98 Å². The number of aliphatic hydroxyl groups excluding tert-OH is 1. The zero-order valence-electron chi connectivity index (χ0n) is 18.5. The minimum Gasteiger partial charge on any atom is -0.492 e. The van der Waals surface area contributed by atoms with Gasteiger partial charge in [0.1, 0.15) is 5.82 Å². The summed E-state index contributed by atoms with van der Waals surface area (Å²) in [6.45, 7) is 1.81. The Morgan fingerprint density at radius 2 is 1.97 bits per heavy atom. The Morgan fingerprint density at radius 1 is 1.24 bits per heavy atom. The zero-order chi connectivity index (χ0) is 24.4. The molecule has 0 spiro atoms. The van der Waals surface area contributed by atoms with E-state index in [0.717, 1.165) is 0 Å². The van der Waals surface area contributed by atoms with Gasteiger partial charge in [0.2, 0.25) is 5.95 Å². The number of ether oxygens (including phenoxy) is 1. The molecule has 0 aliphatic rings. The van der Waals surface area contributed by atoms with Gasteiger partial charge in [-0.25, -0.2) is 8.91 Å². The highest BCUT2D eigenvalue weighted by Gasteiger charge is 2.23. The molecule has 0 fully saturated rings. The van der Waals surface area contributed by atoms with E-state index in [4.69, 9.17) is 22.1 Å². The van der Waals surface area contributed by atoms with Crippen LogP contribution in [0.15, 0.2) is 48.7 Å². The fraction of sp³-hybridized carbons (Fsp3) is 0.208. The first kappa shape index (κ1) is 23.5. The van der Waals surface area contributed by atoms with E-state index < -0.39 is 17.8 Å². The molecule has 8 nitrogen and oxygen atoms in total. The molecule has 2 aromatic heterocycles. The Balaban J connectivity index is 1.57. The molecular formula is C24H23ClFN5O3. The van der Waals surface area contributed by atoms with Crippen LogP contribution in [0.25, 0.3) is 16.8 Å². The van der Waals surface area contributed by atoms with E-state index >= 15 is 4.39 Å². The molecule has 1 amide bonds. The summed E-state index contributed by atoms with van der Waals surface area (Å²) in [5.74, 6) is -0.926. The van der Waals surface area contributed by atoms with Crippen molar-refractivity contribution in [3.63, 3.8) is 0 Å². The highest BCUT2D eigenvalue weighted by atomic mass is 35.5. The van der Waals surface area contributed by atoms with E-state index in [9.17, 15) is 9.90 Å². The summed E-state index contributed by atoms with van der Waals surface area (Å²) in [5, 5.41) is 17.6. The number of nitrogen functional groups attached to an aromatic ring is 1. The highest BCUT2D eigenvalue weighted by molar-refractivity contribution is 6.30. The first-order chi connectivity index (χ1) is 16.3. The predicted molar refractivity (Wildman–Crippen MR) is 127 cm³/mol. The van der Waals surface area contributed by atoms with Crippen molar-refractivity contribution >= 4 is 29.1 Å². The number of aliphatic hydroxyl groups is 1. The minimum absolute atomic E-state index is 0.0562. The van der Waals surface area contributed by atoms with E-state index in [1.54, 1.807) is 55.6 Å². The van der Waals surface area contributed by atoms with Crippen LogP contribution >= 0.6 is 11.6 Å². The average molecular weight is 484 g/mol. The summed E-state index contributed by atoms with van der Waals surface area (Å²) >= 11 is 5.87. The third-order valence-corrected chi connectivity index (χ3v) is 5.76. The fourth-order valence-electron chi connectivity index (χ4n) is 3.77. The summed E-state index contributed by atoms with van der Waals surface area (Å²) in [6, 6.07) is 11.7. The van der Waals surface area contributed by atoms with Crippen LogP contribution in [0.5, 0.6) is 5.75 Å². The second kappa shape index (κ2) is 9.66. The van der Waals surface area contributed by atoms with Gasteiger partial charge < -0.3 is 20.9 Å². The zero-order valence-corrected chi connectivity index (χ0v) is 19.3. The topological polar surface area (TPSA) is 115 Å². The smallest absolute Gasteiger partial charge is 0.254 e. The lowest BCUT2D eigenvalue weighted by atomic mass is 9.98. The maximum Gasteiger partial charge on any atom is 0.254 e. The molecule has 1 atom stereocenters. The number of aromatic nitrogens is 3. The third-order valence-electron chi connectivity index (χ3n) is 5.51. The Morgan fingerprint density at radius 3 is 2.68 bits per heavy atom. The van der Waals surface area contributed by atoms with Crippen molar-refractivity contribution in [1.29, 1.82) is 0 Å². The van der Waals surface area contributed by atoms with E-state index in [1.807, 2.05) is 0 Å². The molecule has 10 heteroatoms. The number of anilines is 1. The number of nitrogens with zero attached hydrogens (tertiary/aromatic N) is 3. The molecule has 4 N–H and O–H groups in total. The number of nitrogens with two attached hydrogens (primary N) is 1. The number of fused-ring (bicyclic) bond motifs is 1. The lowest BCUT2D eigenvalue weighted by Gasteiger charge is -2.15. The fourth-order valence-corrected chi connectivity index (χ4v) is 3.90. The quantitative estimate of drug-likeness (QED) is 0.367. The van der Waals surface area contributed by atoms with Gasteiger partial charge in [-0.15, -0.1) is 5.10 Å². The number of carbonyl (C=O) groups excluding carboxylic acids is 1. The number of pyridine rings is 1. The highest BCUT2D eigenvalue weighted by Crippen LogP contribution is 2.36. The molecule has 2 heterocycles.